The van der Waals surface area contributed by atoms with Gasteiger partial charge >= 0.3 is 5.97 Å². The van der Waals surface area contributed by atoms with E-state index in [1.165, 1.54) is 6.08 Å². The third kappa shape index (κ3) is 3.89. The molecule has 0 amide bonds. The molecule has 0 unspecified atom stereocenters. The van der Waals surface area contributed by atoms with E-state index >= 15 is 0 Å². The summed E-state index contributed by atoms with van der Waals surface area (Å²) in [6, 6.07) is 0. The first kappa shape index (κ1) is 11.2. The van der Waals surface area contributed by atoms with Crippen LogP contribution in [0, 0.1) is 0 Å². The molecule has 0 spiro atoms. The van der Waals surface area contributed by atoms with Crippen molar-refractivity contribution in [3.63, 3.8) is 0 Å². The minimum Gasteiger partial charge on any atom is -0.478 e. The fourth-order valence-electron chi connectivity index (χ4n) is 1.60. The molecule has 1 rings (SSSR count). The van der Waals surface area contributed by atoms with Crippen molar-refractivity contribution in [3.05, 3.63) is 11.6 Å². The number of ether oxygens (including phenoxy) is 1. The van der Waals surface area contributed by atoms with Crippen LogP contribution in [-0.4, -0.2) is 49.3 Å². The molecule has 1 fully saturated rings. The summed E-state index contributed by atoms with van der Waals surface area (Å²) in [5.41, 5.74) is 1.05. The largest absolute Gasteiger partial charge is 0.478 e. The van der Waals surface area contributed by atoms with E-state index in [-0.39, 0.29) is 0 Å². The van der Waals surface area contributed by atoms with Crippen LogP contribution in [0.5, 0.6) is 0 Å². The first-order valence-electron chi connectivity index (χ1n) is 4.86. The first-order valence-corrected chi connectivity index (χ1v) is 4.86. The van der Waals surface area contributed by atoms with Crippen molar-refractivity contribution in [2.45, 2.75) is 12.8 Å². The van der Waals surface area contributed by atoms with Gasteiger partial charge in [-0.05, 0) is 12.8 Å². The van der Waals surface area contributed by atoms with E-state index in [1.54, 1.807) is 7.11 Å². The van der Waals surface area contributed by atoms with Gasteiger partial charge in [0, 0.05) is 32.8 Å². The van der Waals surface area contributed by atoms with Crippen molar-refractivity contribution in [1.82, 2.24) is 4.90 Å². The van der Waals surface area contributed by atoms with Gasteiger partial charge in [0.05, 0.1) is 6.61 Å². The smallest absolute Gasteiger partial charge is 0.328 e. The average Bonchev–Trinajstić information content (AvgIpc) is 2.16. The Bertz CT molecular complexity index is 215. The van der Waals surface area contributed by atoms with E-state index in [4.69, 9.17) is 9.84 Å². The quantitative estimate of drug-likeness (QED) is 0.678. The second-order valence-electron chi connectivity index (χ2n) is 3.48. The summed E-state index contributed by atoms with van der Waals surface area (Å²) in [6.45, 7) is 3.58. The van der Waals surface area contributed by atoms with Crippen LogP contribution in [0.15, 0.2) is 11.6 Å². The predicted molar refractivity (Wildman–Crippen MR) is 53.3 cm³/mol. The molecule has 4 heteroatoms. The number of nitrogens with zero attached hydrogens (tertiary/aromatic N) is 1. The van der Waals surface area contributed by atoms with E-state index in [9.17, 15) is 4.79 Å². The van der Waals surface area contributed by atoms with Gasteiger partial charge in [-0.1, -0.05) is 5.57 Å². The third-order valence-corrected chi connectivity index (χ3v) is 2.44. The summed E-state index contributed by atoms with van der Waals surface area (Å²) in [5.74, 6) is -0.828. The van der Waals surface area contributed by atoms with E-state index in [1.807, 2.05) is 0 Å². The lowest BCUT2D eigenvalue weighted by molar-refractivity contribution is -0.131. The first-order chi connectivity index (χ1) is 6.72. The van der Waals surface area contributed by atoms with Gasteiger partial charge in [0.2, 0.25) is 0 Å². The zero-order valence-electron chi connectivity index (χ0n) is 8.53. The Morgan fingerprint density at radius 2 is 2.21 bits per heavy atom. The monoisotopic (exact) mass is 199 g/mol. The lowest BCUT2D eigenvalue weighted by atomic mass is 10.0. The SMILES string of the molecule is COCCN1CCC(=CC(=O)O)CC1. The topological polar surface area (TPSA) is 49.8 Å². The van der Waals surface area contributed by atoms with Gasteiger partial charge in [0.25, 0.3) is 0 Å². The molecule has 0 radical (unpaired) electrons. The number of likely N-dealkylation sites (tertiary alicyclic amines) is 1. The van der Waals surface area contributed by atoms with Crippen LogP contribution in [0.1, 0.15) is 12.8 Å². The van der Waals surface area contributed by atoms with Crippen LogP contribution in [0.4, 0.5) is 0 Å². The van der Waals surface area contributed by atoms with Gasteiger partial charge in [-0.15, -0.1) is 0 Å². The Balaban J connectivity index is 2.27. The van der Waals surface area contributed by atoms with E-state index in [0.717, 1.165) is 44.7 Å². The highest BCUT2D eigenvalue weighted by Crippen LogP contribution is 2.15. The maximum Gasteiger partial charge on any atom is 0.328 e. The molecule has 0 aromatic heterocycles. The molecule has 1 aliphatic rings. The lowest BCUT2D eigenvalue weighted by Crippen LogP contribution is -2.33. The van der Waals surface area contributed by atoms with Gasteiger partial charge in [0.1, 0.15) is 0 Å². The van der Waals surface area contributed by atoms with Crippen molar-refractivity contribution in [3.8, 4) is 0 Å². The number of carboxylic acids is 1. The van der Waals surface area contributed by atoms with E-state index < -0.39 is 5.97 Å². The molecule has 4 nitrogen and oxygen atoms in total. The number of aliphatic carboxylic acids is 1. The molecule has 0 bridgehead atoms. The van der Waals surface area contributed by atoms with Crippen molar-refractivity contribution in [2.24, 2.45) is 0 Å². The number of piperidine rings is 1. The molecule has 1 heterocycles. The Kier molecular flexibility index (Phi) is 4.62. The van der Waals surface area contributed by atoms with Gasteiger partial charge in [-0.3, -0.25) is 0 Å². The predicted octanol–water partition coefficient (Wildman–Crippen LogP) is 0.740. The molecule has 0 atom stereocenters. The minimum absolute atomic E-state index is 0.748. The van der Waals surface area contributed by atoms with E-state index in [0.29, 0.717) is 0 Å². The number of rotatable bonds is 4. The van der Waals surface area contributed by atoms with Crippen molar-refractivity contribution < 1.29 is 14.6 Å². The highest BCUT2D eigenvalue weighted by atomic mass is 16.5. The van der Waals surface area contributed by atoms with Crippen LogP contribution in [0.3, 0.4) is 0 Å². The standard InChI is InChI=1S/C10H17NO3/c1-14-7-6-11-4-2-9(3-5-11)8-10(12)13/h8H,2-7H2,1H3,(H,12,13). The maximum atomic E-state index is 10.4. The van der Waals surface area contributed by atoms with Crippen LogP contribution in [0.25, 0.3) is 0 Å². The number of carboxylic acid groups (broad SMARTS) is 1. The fourth-order valence-corrected chi connectivity index (χ4v) is 1.60. The number of methoxy groups -OCH3 is 1. The molecule has 14 heavy (non-hydrogen) atoms. The Hall–Kier alpha value is -0.870. The summed E-state index contributed by atoms with van der Waals surface area (Å²) in [6.07, 6.45) is 3.08. The highest BCUT2D eigenvalue weighted by Gasteiger charge is 2.13. The van der Waals surface area contributed by atoms with Gasteiger partial charge < -0.3 is 14.7 Å². The summed E-state index contributed by atoms with van der Waals surface area (Å²) >= 11 is 0. The molecule has 0 aliphatic carbocycles. The average molecular weight is 199 g/mol. The summed E-state index contributed by atoms with van der Waals surface area (Å²) in [5, 5.41) is 8.56. The van der Waals surface area contributed by atoms with Crippen molar-refractivity contribution in [1.29, 1.82) is 0 Å². The fraction of sp³-hybridized carbons (Fsp3) is 0.700. The molecule has 1 saturated heterocycles. The molecular formula is C10H17NO3. The van der Waals surface area contributed by atoms with Gasteiger partial charge in [-0.25, -0.2) is 4.79 Å². The Morgan fingerprint density at radius 3 is 2.71 bits per heavy atom. The number of hydrogen-bond acceptors (Lipinski definition) is 3. The highest BCUT2D eigenvalue weighted by molar-refractivity contribution is 5.80. The zero-order valence-corrected chi connectivity index (χ0v) is 8.53. The molecule has 0 aromatic carbocycles. The molecule has 0 aromatic rings. The molecule has 1 N–H and O–H groups in total. The van der Waals surface area contributed by atoms with Crippen LogP contribution in [0.2, 0.25) is 0 Å². The summed E-state index contributed by atoms with van der Waals surface area (Å²) < 4.78 is 4.99. The summed E-state index contributed by atoms with van der Waals surface area (Å²) in [4.78, 5) is 12.7. The lowest BCUT2D eigenvalue weighted by Gasteiger charge is -2.27. The maximum absolute atomic E-state index is 10.4. The second kappa shape index (κ2) is 5.78. The Morgan fingerprint density at radius 1 is 1.57 bits per heavy atom. The normalized spacial score (nSPS) is 18.2. The van der Waals surface area contributed by atoms with Gasteiger partial charge in [0.15, 0.2) is 0 Å². The molecule has 80 valence electrons. The molecule has 1 aliphatic heterocycles. The summed E-state index contributed by atoms with van der Waals surface area (Å²) in [7, 11) is 1.69. The van der Waals surface area contributed by atoms with Crippen LogP contribution >= 0.6 is 0 Å². The van der Waals surface area contributed by atoms with Crippen LogP contribution in [-0.2, 0) is 9.53 Å². The Labute approximate surface area is 84.2 Å². The number of hydrogen-bond donors (Lipinski definition) is 1. The third-order valence-electron chi connectivity index (χ3n) is 2.44. The minimum atomic E-state index is -0.828. The zero-order chi connectivity index (χ0) is 10.4. The van der Waals surface area contributed by atoms with E-state index in [2.05, 4.69) is 4.90 Å². The van der Waals surface area contributed by atoms with Crippen LogP contribution < -0.4 is 0 Å². The van der Waals surface area contributed by atoms with Crippen molar-refractivity contribution in [2.75, 3.05) is 33.4 Å². The second-order valence-corrected chi connectivity index (χ2v) is 3.48. The molecular weight excluding hydrogens is 182 g/mol. The molecule has 0 saturated carbocycles. The van der Waals surface area contributed by atoms with Crippen molar-refractivity contribution >= 4 is 5.97 Å². The van der Waals surface area contributed by atoms with Gasteiger partial charge in [-0.2, -0.15) is 0 Å². The number of carbonyl (C=O) groups is 1.